The van der Waals surface area contributed by atoms with Crippen LogP contribution in [0.1, 0.15) is 43.0 Å². The number of benzene rings is 1. The number of carbonyl (C=O) groups excluding carboxylic acids is 2. The highest BCUT2D eigenvalue weighted by molar-refractivity contribution is 7.89. The summed E-state index contributed by atoms with van der Waals surface area (Å²) in [6, 6.07) is 3.96. The Morgan fingerprint density at radius 2 is 1.83 bits per heavy atom. The quantitative estimate of drug-likeness (QED) is 0.673. The van der Waals surface area contributed by atoms with E-state index in [1.807, 2.05) is 0 Å². The molecule has 0 heterocycles. The van der Waals surface area contributed by atoms with Gasteiger partial charge in [-0.25, -0.2) is 13.1 Å². The van der Waals surface area contributed by atoms with Crippen molar-refractivity contribution in [3.8, 4) is 5.75 Å². The van der Waals surface area contributed by atoms with Crippen LogP contribution in [0.15, 0.2) is 23.1 Å². The van der Waals surface area contributed by atoms with Crippen molar-refractivity contribution >= 4 is 21.8 Å². The summed E-state index contributed by atoms with van der Waals surface area (Å²) in [5.41, 5.74) is 4.44. The average Bonchev–Trinajstić information content (AvgIpc) is 3.04. The summed E-state index contributed by atoms with van der Waals surface area (Å²) in [7, 11) is -2.45. The van der Waals surface area contributed by atoms with Crippen LogP contribution in [0.3, 0.4) is 0 Å². The Hall–Kier alpha value is -2.13. The van der Waals surface area contributed by atoms with E-state index in [0.717, 1.165) is 25.7 Å². The third-order valence-corrected chi connectivity index (χ3v) is 5.29. The molecule has 1 fully saturated rings. The average molecular weight is 355 g/mol. The molecule has 132 valence electrons. The summed E-state index contributed by atoms with van der Waals surface area (Å²) in [6.07, 6.45) is 3.57. The van der Waals surface area contributed by atoms with Crippen molar-refractivity contribution in [2.24, 2.45) is 0 Å². The fraction of sp³-hybridized carbons (Fsp3) is 0.467. The summed E-state index contributed by atoms with van der Waals surface area (Å²) in [6.45, 7) is 1.25. The molecule has 1 aliphatic carbocycles. The van der Waals surface area contributed by atoms with Crippen molar-refractivity contribution in [2.45, 2.75) is 43.5 Å². The molecule has 8 nitrogen and oxygen atoms in total. The second-order valence-electron chi connectivity index (χ2n) is 5.60. The number of sulfonamides is 1. The van der Waals surface area contributed by atoms with Crippen molar-refractivity contribution in [2.75, 3.05) is 7.11 Å². The smallest absolute Gasteiger partial charge is 0.269 e. The second kappa shape index (κ2) is 7.63. The van der Waals surface area contributed by atoms with Gasteiger partial charge >= 0.3 is 0 Å². The molecule has 0 aliphatic heterocycles. The van der Waals surface area contributed by atoms with Crippen molar-refractivity contribution in [1.82, 2.24) is 15.6 Å². The fourth-order valence-corrected chi connectivity index (χ4v) is 4.07. The Morgan fingerprint density at radius 3 is 2.42 bits per heavy atom. The largest absolute Gasteiger partial charge is 0.495 e. The minimum Gasteiger partial charge on any atom is -0.495 e. The molecule has 3 N–H and O–H groups in total. The van der Waals surface area contributed by atoms with E-state index in [1.54, 1.807) is 0 Å². The molecule has 0 radical (unpaired) electrons. The standard InChI is InChI=1S/C15H21N3O5S/c1-10(19)16-17-15(20)11-7-8-13(23-2)14(9-11)24(21,22)18-12-5-3-4-6-12/h7-9,12,18H,3-6H2,1-2H3,(H,16,19)(H,17,20). The van der Waals surface area contributed by atoms with E-state index in [-0.39, 0.29) is 22.3 Å². The molecule has 24 heavy (non-hydrogen) atoms. The van der Waals surface area contributed by atoms with Crippen LogP contribution in [0, 0.1) is 0 Å². The number of hydrazine groups is 1. The van der Waals surface area contributed by atoms with Gasteiger partial charge in [0.2, 0.25) is 15.9 Å². The zero-order chi connectivity index (χ0) is 17.7. The van der Waals surface area contributed by atoms with Gasteiger partial charge in [-0.15, -0.1) is 0 Å². The molecule has 1 aromatic rings. The van der Waals surface area contributed by atoms with Gasteiger partial charge in [-0.05, 0) is 31.0 Å². The molecule has 9 heteroatoms. The number of hydrogen-bond acceptors (Lipinski definition) is 5. The van der Waals surface area contributed by atoms with Crippen molar-refractivity contribution in [1.29, 1.82) is 0 Å². The first-order chi connectivity index (χ1) is 11.3. The third kappa shape index (κ3) is 4.45. The lowest BCUT2D eigenvalue weighted by atomic mass is 10.2. The van der Waals surface area contributed by atoms with Crippen molar-refractivity contribution < 1.29 is 22.7 Å². The van der Waals surface area contributed by atoms with Crippen LogP contribution in [0.4, 0.5) is 0 Å². The first kappa shape index (κ1) is 18.2. The normalized spacial score (nSPS) is 15.1. The minimum absolute atomic E-state index is 0.0938. The lowest BCUT2D eigenvalue weighted by molar-refractivity contribution is -0.119. The Kier molecular flexibility index (Phi) is 5.79. The molecule has 2 amide bonds. The predicted molar refractivity (Wildman–Crippen MR) is 86.9 cm³/mol. The number of hydrogen-bond donors (Lipinski definition) is 3. The van der Waals surface area contributed by atoms with Crippen LogP contribution in [0.5, 0.6) is 5.75 Å². The molecule has 0 atom stereocenters. The van der Waals surface area contributed by atoms with Gasteiger partial charge in [0.25, 0.3) is 5.91 Å². The Balaban J connectivity index is 2.27. The van der Waals surface area contributed by atoms with Gasteiger partial charge in [0.1, 0.15) is 10.6 Å². The number of ether oxygens (including phenoxy) is 1. The second-order valence-corrected chi connectivity index (χ2v) is 7.29. The Bertz CT molecular complexity index is 727. The van der Waals surface area contributed by atoms with E-state index >= 15 is 0 Å². The van der Waals surface area contributed by atoms with Crippen molar-refractivity contribution in [3.05, 3.63) is 23.8 Å². The molecular formula is C15H21N3O5S. The zero-order valence-corrected chi connectivity index (χ0v) is 14.4. The molecule has 2 rings (SSSR count). The maximum atomic E-state index is 12.6. The first-order valence-corrected chi connectivity index (χ1v) is 9.09. The van der Waals surface area contributed by atoms with E-state index in [2.05, 4.69) is 15.6 Å². The number of amides is 2. The summed E-state index contributed by atoms with van der Waals surface area (Å²) in [5.74, 6) is -0.908. The van der Waals surface area contributed by atoms with Gasteiger partial charge in [0.05, 0.1) is 7.11 Å². The third-order valence-electron chi connectivity index (χ3n) is 3.74. The van der Waals surface area contributed by atoms with E-state index in [9.17, 15) is 18.0 Å². The van der Waals surface area contributed by atoms with Gasteiger partial charge < -0.3 is 4.74 Å². The van der Waals surface area contributed by atoms with Crippen LogP contribution in [0.2, 0.25) is 0 Å². The highest BCUT2D eigenvalue weighted by Gasteiger charge is 2.26. The molecule has 1 aliphatic rings. The van der Waals surface area contributed by atoms with E-state index in [0.29, 0.717) is 0 Å². The number of nitrogens with one attached hydrogen (secondary N) is 3. The first-order valence-electron chi connectivity index (χ1n) is 7.61. The van der Waals surface area contributed by atoms with E-state index < -0.39 is 21.8 Å². The zero-order valence-electron chi connectivity index (χ0n) is 13.6. The van der Waals surface area contributed by atoms with Crippen LogP contribution in [-0.2, 0) is 14.8 Å². The summed E-state index contributed by atoms with van der Waals surface area (Å²) < 4.78 is 33.0. The van der Waals surface area contributed by atoms with Gasteiger partial charge in [0.15, 0.2) is 0 Å². The summed E-state index contributed by atoms with van der Waals surface area (Å²) in [4.78, 5) is 22.7. The van der Waals surface area contributed by atoms with Crippen molar-refractivity contribution in [3.63, 3.8) is 0 Å². The molecule has 1 aromatic carbocycles. The minimum atomic E-state index is -3.82. The number of methoxy groups -OCH3 is 1. The Morgan fingerprint density at radius 1 is 1.17 bits per heavy atom. The highest BCUT2D eigenvalue weighted by Crippen LogP contribution is 2.27. The number of carbonyl (C=O) groups is 2. The van der Waals surface area contributed by atoms with Gasteiger partial charge in [0, 0.05) is 18.5 Å². The molecule has 0 unspecified atom stereocenters. The van der Waals surface area contributed by atoms with Crippen LogP contribution in [0.25, 0.3) is 0 Å². The number of rotatable bonds is 5. The van der Waals surface area contributed by atoms with Gasteiger partial charge in [-0.2, -0.15) is 0 Å². The highest BCUT2D eigenvalue weighted by atomic mass is 32.2. The van der Waals surface area contributed by atoms with Crippen LogP contribution >= 0.6 is 0 Å². The van der Waals surface area contributed by atoms with Gasteiger partial charge in [-0.3, -0.25) is 20.4 Å². The van der Waals surface area contributed by atoms with Crippen LogP contribution in [-0.4, -0.2) is 33.4 Å². The fourth-order valence-electron chi connectivity index (χ4n) is 2.57. The topological polar surface area (TPSA) is 114 Å². The van der Waals surface area contributed by atoms with Gasteiger partial charge in [-0.1, -0.05) is 12.8 Å². The molecule has 0 bridgehead atoms. The molecule has 0 aromatic heterocycles. The predicted octanol–water partition coefficient (Wildman–Crippen LogP) is 0.697. The SMILES string of the molecule is COc1ccc(C(=O)NNC(C)=O)cc1S(=O)(=O)NC1CCCC1. The maximum Gasteiger partial charge on any atom is 0.269 e. The summed E-state index contributed by atoms with van der Waals surface area (Å²) in [5, 5.41) is 0. The van der Waals surface area contributed by atoms with E-state index in [1.165, 1.54) is 32.2 Å². The Labute approximate surface area is 141 Å². The molecule has 1 saturated carbocycles. The lowest BCUT2D eigenvalue weighted by Crippen LogP contribution is -2.40. The molecule has 0 spiro atoms. The monoisotopic (exact) mass is 355 g/mol. The van der Waals surface area contributed by atoms with E-state index in [4.69, 9.17) is 4.74 Å². The molecular weight excluding hydrogens is 334 g/mol. The maximum absolute atomic E-state index is 12.6. The summed E-state index contributed by atoms with van der Waals surface area (Å²) >= 11 is 0. The molecule has 0 saturated heterocycles. The van der Waals surface area contributed by atoms with Crippen LogP contribution < -0.4 is 20.3 Å². The lowest BCUT2D eigenvalue weighted by Gasteiger charge is -2.15.